The normalized spacial score (nSPS) is 10.8. The van der Waals surface area contributed by atoms with Crippen LogP contribution in [0.4, 0.5) is 20.2 Å². The van der Waals surface area contributed by atoms with Crippen LogP contribution in [0.15, 0.2) is 61.2 Å². The zero-order valence-corrected chi connectivity index (χ0v) is 20.3. The van der Waals surface area contributed by atoms with Crippen molar-refractivity contribution in [3.63, 3.8) is 0 Å². The van der Waals surface area contributed by atoms with Crippen LogP contribution < -0.4 is 14.8 Å². The molecule has 2 N–H and O–H groups in total. The third-order valence-electron chi connectivity index (χ3n) is 4.83. The molecule has 3 heterocycles. The second-order valence-electron chi connectivity index (χ2n) is 7.50. The minimum absolute atomic E-state index is 0.0439. The Morgan fingerprint density at radius 1 is 1.09 bits per heavy atom. The Kier molecular flexibility index (Phi) is 7.52. The van der Waals surface area contributed by atoms with Gasteiger partial charge in [-0.25, -0.2) is 13.8 Å². The first-order chi connectivity index (χ1) is 16.8. The number of carbonyl (C=O) groups is 1. The quantitative estimate of drug-likeness (QED) is 0.279. The van der Waals surface area contributed by atoms with Crippen molar-refractivity contribution in [2.24, 2.45) is 0 Å². The summed E-state index contributed by atoms with van der Waals surface area (Å²) in [5.74, 6) is -1.06. The van der Waals surface area contributed by atoms with E-state index in [1.165, 1.54) is 30.3 Å². The van der Waals surface area contributed by atoms with Crippen molar-refractivity contribution in [2.45, 2.75) is 13.5 Å². The number of amides is 1. The van der Waals surface area contributed by atoms with E-state index in [0.717, 1.165) is 18.1 Å². The molecule has 1 amide bonds. The van der Waals surface area contributed by atoms with Gasteiger partial charge in [-0.2, -0.15) is 0 Å². The van der Waals surface area contributed by atoms with E-state index < -0.39 is 11.6 Å². The third-order valence-corrected chi connectivity index (χ3v) is 5.49. The van der Waals surface area contributed by atoms with E-state index in [9.17, 15) is 13.6 Å². The maximum absolute atomic E-state index is 13.9. The summed E-state index contributed by atoms with van der Waals surface area (Å²) in [6, 6.07) is 9.28. The third kappa shape index (κ3) is 6.09. The van der Waals surface area contributed by atoms with E-state index in [1.54, 1.807) is 42.0 Å². The molecule has 0 saturated carbocycles. The number of pyridine rings is 2. The highest BCUT2D eigenvalue weighted by Gasteiger charge is 2.17. The Balaban J connectivity index is 1.58. The second kappa shape index (κ2) is 10.7. The molecule has 7 nitrogen and oxygen atoms in total. The van der Waals surface area contributed by atoms with E-state index in [-0.39, 0.29) is 24.1 Å². The van der Waals surface area contributed by atoms with Gasteiger partial charge in [0, 0.05) is 52.4 Å². The molecule has 4 rings (SSSR count). The van der Waals surface area contributed by atoms with E-state index >= 15 is 0 Å². The van der Waals surface area contributed by atoms with Crippen molar-refractivity contribution in [1.82, 2.24) is 14.5 Å². The molecule has 0 aliphatic carbocycles. The molecule has 4 aromatic rings. The molecular weight excluding hydrogens is 496 g/mol. The Bertz CT molecular complexity index is 1380. The minimum atomic E-state index is -0.598. The van der Waals surface area contributed by atoms with Gasteiger partial charge >= 0.3 is 0 Å². The fourth-order valence-electron chi connectivity index (χ4n) is 3.36. The van der Waals surface area contributed by atoms with E-state index in [1.807, 2.05) is 6.26 Å². The lowest BCUT2D eigenvalue weighted by molar-refractivity contribution is 0.102. The van der Waals surface area contributed by atoms with E-state index in [4.69, 9.17) is 16.3 Å². The van der Waals surface area contributed by atoms with Crippen molar-refractivity contribution in [1.29, 1.82) is 0 Å². The number of rotatable bonds is 8. The number of halogens is 3. The monoisotopic (exact) mass is 515 g/mol. The van der Waals surface area contributed by atoms with Gasteiger partial charge in [-0.1, -0.05) is 23.5 Å². The Morgan fingerprint density at radius 3 is 2.63 bits per heavy atom. The number of benzene rings is 1. The lowest BCUT2D eigenvalue weighted by atomic mass is 10.2. The zero-order chi connectivity index (χ0) is 24.9. The van der Waals surface area contributed by atoms with Crippen molar-refractivity contribution in [3.05, 3.63) is 94.7 Å². The zero-order valence-electron chi connectivity index (χ0n) is 18.7. The van der Waals surface area contributed by atoms with Crippen LogP contribution in [0.5, 0.6) is 5.75 Å². The molecular formula is C24H20ClF2N5O2S. The van der Waals surface area contributed by atoms with Gasteiger partial charge < -0.3 is 19.3 Å². The molecule has 0 fully saturated rings. The van der Waals surface area contributed by atoms with Crippen molar-refractivity contribution in [3.8, 4) is 11.6 Å². The first-order valence-electron chi connectivity index (χ1n) is 10.3. The summed E-state index contributed by atoms with van der Waals surface area (Å²) >= 11 is 7.56. The molecule has 0 aliphatic rings. The van der Waals surface area contributed by atoms with Crippen LogP contribution in [0, 0.1) is 18.6 Å². The fourth-order valence-corrected chi connectivity index (χ4v) is 3.95. The fraction of sp³-hybridized carbons (Fsp3) is 0.125. The van der Waals surface area contributed by atoms with Crippen molar-refractivity contribution >= 4 is 40.8 Å². The van der Waals surface area contributed by atoms with Crippen LogP contribution in [0.1, 0.15) is 21.6 Å². The predicted octanol–water partition coefficient (Wildman–Crippen LogP) is 6.03. The SMILES string of the molecule is CSNc1cc(Cl)cc(NC(=O)c2cc(C)n(-c3ncc(F)cc3OCc3cncc(F)c3)c2)c1. The Hall–Kier alpha value is -3.63. The number of hydrogen-bond donors (Lipinski definition) is 2. The van der Waals surface area contributed by atoms with Crippen LogP contribution in [0.3, 0.4) is 0 Å². The summed E-state index contributed by atoms with van der Waals surface area (Å²) in [7, 11) is 0. The maximum atomic E-state index is 13.9. The summed E-state index contributed by atoms with van der Waals surface area (Å²) in [4.78, 5) is 20.9. The average Bonchev–Trinajstić information content (AvgIpc) is 3.19. The van der Waals surface area contributed by atoms with Gasteiger partial charge in [0.25, 0.3) is 5.91 Å². The Morgan fingerprint density at radius 2 is 1.86 bits per heavy atom. The molecule has 0 atom stereocenters. The lowest BCUT2D eigenvalue weighted by Crippen LogP contribution is -2.11. The maximum Gasteiger partial charge on any atom is 0.257 e. The van der Waals surface area contributed by atoms with Crippen LogP contribution in [-0.4, -0.2) is 26.7 Å². The summed E-state index contributed by atoms with van der Waals surface area (Å²) < 4.78 is 37.8. The molecule has 1 aromatic carbocycles. The number of aromatic nitrogens is 3. The minimum Gasteiger partial charge on any atom is -0.485 e. The standard InChI is InChI=1S/C24H20ClF2N5O2S/c1-14-3-16(24(33)30-20-5-17(25)6-21(8-20)31-35-2)12-32(14)23-22(7-19(27)11-29-23)34-13-15-4-18(26)10-28-9-15/h3-12,31H,13H2,1-2H3,(H,30,33). The Labute approximate surface area is 209 Å². The number of anilines is 2. The van der Waals surface area contributed by atoms with Crippen LogP contribution in [-0.2, 0) is 6.61 Å². The van der Waals surface area contributed by atoms with Crippen LogP contribution in [0.25, 0.3) is 5.82 Å². The van der Waals surface area contributed by atoms with Crippen LogP contribution in [0.2, 0.25) is 5.02 Å². The molecule has 3 aromatic heterocycles. The van der Waals surface area contributed by atoms with Gasteiger partial charge in [0.1, 0.15) is 18.2 Å². The number of nitrogens with one attached hydrogen (secondary N) is 2. The molecule has 0 saturated heterocycles. The number of nitrogens with zero attached hydrogens (tertiary/aromatic N) is 3. The van der Waals surface area contributed by atoms with Gasteiger partial charge in [0.05, 0.1) is 18.0 Å². The van der Waals surface area contributed by atoms with E-state index in [0.29, 0.717) is 27.5 Å². The summed E-state index contributed by atoms with van der Waals surface area (Å²) in [5, 5.41) is 3.30. The van der Waals surface area contributed by atoms with Gasteiger partial charge in [-0.15, -0.1) is 0 Å². The predicted molar refractivity (Wildman–Crippen MR) is 133 cm³/mol. The number of ether oxygens (including phenoxy) is 1. The largest absolute Gasteiger partial charge is 0.485 e. The summed E-state index contributed by atoms with van der Waals surface area (Å²) in [6.45, 7) is 1.74. The molecule has 0 spiro atoms. The molecule has 180 valence electrons. The van der Waals surface area contributed by atoms with Gasteiger partial charge in [0.15, 0.2) is 11.6 Å². The molecule has 0 unspecified atom stereocenters. The van der Waals surface area contributed by atoms with Crippen LogP contribution >= 0.6 is 23.5 Å². The van der Waals surface area contributed by atoms with Gasteiger partial charge in [0.2, 0.25) is 0 Å². The first-order valence-corrected chi connectivity index (χ1v) is 11.9. The highest BCUT2D eigenvalue weighted by Crippen LogP contribution is 2.27. The molecule has 0 bridgehead atoms. The molecule has 0 radical (unpaired) electrons. The first kappa shape index (κ1) is 24.5. The van der Waals surface area contributed by atoms with Gasteiger partial charge in [-0.05, 0) is 37.3 Å². The van der Waals surface area contributed by atoms with Gasteiger partial charge in [-0.3, -0.25) is 9.78 Å². The average molecular weight is 516 g/mol. The molecule has 35 heavy (non-hydrogen) atoms. The summed E-state index contributed by atoms with van der Waals surface area (Å²) in [5.41, 5.74) is 2.77. The highest BCUT2D eigenvalue weighted by molar-refractivity contribution is 7.99. The van der Waals surface area contributed by atoms with E-state index in [2.05, 4.69) is 20.0 Å². The number of hydrogen-bond acceptors (Lipinski definition) is 6. The molecule has 11 heteroatoms. The number of carbonyl (C=O) groups excluding carboxylic acids is 1. The lowest BCUT2D eigenvalue weighted by Gasteiger charge is -2.13. The second-order valence-corrected chi connectivity index (χ2v) is 8.55. The summed E-state index contributed by atoms with van der Waals surface area (Å²) in [6.07, 6.45) is 7.04. The number of aryl methyl sites for hydroxylation is 1. The molecule has 0 aliphatic heterocycles. The van der Waals surface area contributed by atoms with Crippen molar-refractivity contribution in [2.75, 3.05) is 16.3 Å². The highest BCUT2D eigenvalue weighted by atomic mass is 35.5. The topological polar surface area (TPSA) is 81.1 Å². The van der Waals surface area contributed by atoms with Crippen molar-refractivity contribution < 1.29 is 18.3 Å². The smallest absolute Gasteiger partial charge is 0.257 e.